The smallest absolute Gasteiger partial charge is 0.345 e. The van der Waals surface area contributed by atoms with Crippen LogP contribution < -0.4 is 5.32 Å². The van der Waals surface area contributed by atoms with E-state index in [4.69, 9.17) is 5.11 Å². The van der Waals surface area contributed by atoms with E-state index in [1.54, 1.807) is 13.0 Å². The van der Waals surface area contributed by atoms with Gasteiger partial charge in [-0.25, -0.2) is 13.2 Å². The maximum Gasteiger partial charge on any atom is 0.345 e. The molecule has 6 nitrogen and oxygen atoms in total. The zero-order valence-electron chi connectivity index (χ0n) is 10.4. The van der Waals surface area contributed by atoms with E-state index in [9.17, 15) is 18.0 Å². The highest BCUT2D eigenvalue weighted by Crippen LogP contribution is 2.15. The van der Waals surface area contributed by atoms with Crippen molar-refractivity contribution in [3.05, 3.63) is 21.9 Å². The number of sulfone groups is 1. The lowest BCUT2D eigenvalue weighted by atomic mass is 10.4. The Labute approximate surface area is 115 Å². The molecule has 0 saturated heterocycles. The fourth-order valence-electron chi connectivity index (χ4n) is 1.41. The Bertz CT molecular complexity index is 561. The Morgan fingerprint density at radius 1 is 1.37 bits per heavy atom. The minimum absolute atomic E-state index is 0.0113. The average Bonchev–Trinajstić information content (AvgIpc) is 2.74. The van der Waals surface area contributed by atoms with Crippen LogP contribution in [0.5, 0.6) is 0 Å². The predicted molar refractivity (Wildman–Crippen MR) is 72.1 cm³/mol. The Hall–Kier alpha value is -1.41. The topological polar surface area (TPSA) is 101 Å². The van der Waals surface area contributed by atoms with Gasteiger partial charge >= 0.3 is 5.97 Å². The highest BCUT2D eigenvalue weighted by Gasteiger charge is 2.15. The van der Waals surface area contributed by atoms with Crippen LogP contribution in [-0.4, -0.2) is 36.9 Å². The molecule has 0 aliphatic rings. The Kier molecular flexibility index (Phi) is 5.49. The number of hydrogen-bond donors (Lipinski definition) is 2. The normalized spacial score (nSPS) is 11.2. The number of rotatable bonds is 7. The largest absolute Gasteiger partial charge is 0.477 e. The zero-order valence-corrected chi connectivity index (χ0v) is 12.0. The van der Waals surface area contributed by atoms with Gasteiger partial charge in [0, 0.05) is 4.88 Å². The van der Waals surface area contributed by atoms with Gasteiger partial charge in [-0.2, -0.15) is 0 Å². The minimum atomic E-state index is -3.35. The number of aromatic carboxylic acids is 1. The van der Waals surface area contributed by atoms with Gasteiger partial charge in [-0.1, -0.05) is 6.92 Å². The third-order valence-corrected chi connectivity index (χ3v) is 5.00. The fraction of sp³-hybridized carbons (Fsp3) is 0.455. The van der Waals surface area contributed by atoms with Gasteiger partial charge in [0.2, 0.25) is 5.91 Å². The van der Waals surface area contributed by atoms with Crippen LogP contribution in [0.4, 0.5) is 0 Å². The summed E-state index contributed by atoms with van der Waals surface area (Å²) in [6.45, 7) is 1.87. The molecule has 19 heavy (non-hydrogen) atoms. The molecule has 0 radical (unpaired) electrons. The maximum absolute atomic E-state index is 11.4. The molecule has 1 heterocycles. The molecule has 1 aromatic heterocycles. The van der Waals surface area contributed by atoms with Crippen molar-refractivity contribution >= 4 is 33.1 Å². The standard InChI is InChI=1S/C11H15NO5S2/c1-2-5-19(16,17)7-10(13)12-6-8-3-4-9(18-8)11(14)15/h3-4H,2,5-7H2,1H3,(H,12,13)(H,14,15). The predicted octanol–water partition coefficient (Wildman–Crippen LogP) is 0.887. The van der Waals surface area contributed by atoms with Crippen LogP contribution in [0.2, 0.25) is 0 Å². The van der Waals surface area contributed by atoms with Gasteiger partial charge in [-0.15, -0.1) is 11.3 Å². The van der Waals surface area contributed by atoms with Crippen LogP contribution >= 0.6 is 11.3 Å². The molecular formula is C11H15NO5S2. The molecule has 0 aromatic carbocycles. The van der Waals surface area contributed by atoms with Crippen LogP contribution in [0.1, 0.15) is 27.9 Å². The number of amides is 1. The summed E-state index contributed by atoms with van der Waals surface area (Å²) in [6, 6.07) is 3.04. The van der Waals surface area contributed by atoms with Crippen molar-refractivity contribution in [1.29, 1.82) is 0 Å². The first-order chi connectivity index (χ1) is 8.84. The summed E-state index contributed by atoms with van der Waals surface area (Å²) in [7, 11) is -3.35. The van der Waals surface area contributed by atoms with Crippen molar-refractivity contribution in [2.75, 3.05) is 11.5 Å². The third-order valence-electron chi connectivity index (χ3n) is 2.20. The van der Waals surface area contributed by atoms with Gasteiger partial charge in [-0.3, -0.25) is 4.79 Å². The Morgan fingerprint density at radius 2 is 2.05 bits per heavy atom. The molecule has 0 spiro atoms. The van der Waals surface area contributed by atoms with E-state index in [0.717, 1.165) is 11.3 Å². The van der Waals surface area contributed by atoms with Crippen molar-refractivity contribution in [2.24, 2.45) is 0 Å². The molecule has 8 heteroatoms. The number of thiophene rings is 1. The van der Waals surface area contributed by atoms with Crippen molar-refractivity contribution in [3.8, 4) is 0 Å². The molecule has 0 fully saturated rings. The molecule has 106 valence electrons. The van der Waals surface area contributed by atoms with Crippen LogP contribution in [-0.2, 0) is 21.2 Å². The van der Waals surface area contributed by atoms with Crippen LogP contribution in [0.25, 0.3) is 0 Å². The lowest BCUT2D eigenvalue weighted by Crippen LogP contribution is -2.30. The van der Waals surface area contributed by atoms with E-state index in [0.29, 0.717) is 11.3 Å². The lowest BCUT2D eigenvalue weighted by Gasteiger charge is -2.04. The molecule has 0 aliphatic carbocycles. The average molecular weight is 305 g/mol. The monoisotopic (exact) mass is 305 g/mol. The second-order valence-electron chi connectivity index (χ2n) is 3.94. The lowest BCUT2D eigenvalue weighted by molar-refractivity contribution is -0.118. The van der Waals surface area contributed by atoms with E-state index in [1.165, 1.54) is 6.07 Å². The van der Waals surface area contributed by atoms with Crippen LogP contribution in [0, 0.1) is 0 Å². The second-order valence-corrected chi connectivity index (χ2v) is 7.29. The van der Waals surface area contributed by atoms with Gasteiger partial charge in [-0.05, 0) is 18.6 Å². The molecule has 0 bridgehead atoms. The molecule has 1 aromatic rings. The number of nitrogens with one attached hydrogen (secondary N) is 1. The summed E-state index contributed by atoms with van der Waals surface area (Å²) in [5, 5.41) is 11.2. The number of carboxylic acid groups (broad SMARTS) is 1. The third kappa shape index (κ3) is 5.39. The molecule has 0 aliphatic heterocycles. The number of carboxylic acids is 1. The van der Waals surface area contributed by atoms with E-state index < -0.39 is 27.5 Å². The first-order valence-corrected chi connectivity index (χ1v) is 8.27. The van der Waals surface area contributed by atoms with E-state index in [1.807, 2.05) is 0 Å². The minimum Gasteiger partial charge on any atom is -0.477 e. The van der Waals surface area contributed by atoms with Crippen LogP contribution in [0.3, 0.4) is 0 Å². The first kappa shape index (κ1) is 15.6. The molecular weight excluding hydrogens is 290 g/mol. The second kappa shape index (κ2) is 6.67. The van der Waals surface area contributed by atoms with Gasteiger partial charge in [0.25, 0.3) is 0 Å². The van der Waals surface area contributed by atoms with Gasteiger partial charge in [0.05, 0.1) is 12.3 Å². The Morgan fingerprint density at radius 3 is 2.58 bits per heavy atom. The van der Waals surface area contributed by atoms with E-state index in [-0.39, 0.29) is 17.2 Å². The highest BCUT2D eigenvalue weighted by molar-refractivity contribution is 7.92. The summed E-state index contributed by atoms with van der Waals surface area (Å²) >= 11 is 1.05. The van der Waals surface area contributed by atoms with Gasteiger partial charge in [0.15, 0.2) is 9.84 Å². The first-order valence-electron chi connectivity index (χ1n) is 5.63. The van der Waals surface area contributed by atoms with Crippen LogP contribution in [0.15, 0.2) is 12.1 Å². The van der Waals surface area contributed by atoms with Crippen molar-refractivity contribution in [3.63, 3.8) is 0 Å². The zero-order chi connectivity index (χ0) is 14.5. The number of carbonyl (C=O) groups excluding carboxylic acids is 1. The molecule has 0 atom stereocenters. The van der Waals surface area contributed by atoms with Gasteiger partial charge in [0.1, 0.15) is 10.6 Å². The number of carbonyl (C=O) groups is 2. The Balaban J connectivity index is 2.48. The van der Waals surface area contributed by atoms with Crippen molar-refractivity contribution in [2.45, 2.75) is 19.9 Å². The summed E-state index contributed by atoms with van der Waals surface area (Å²) in [5.74, 6) is -2.13. The molecule has 0 saturated carbocycles. The highest BCUT2D eigenvalue weighted by atomic mass is 32.2. The quantitative estimate of drug-likeness (QED) is 0.779. The SMILES string of the molecule is CCCS(=O)(=O)CC(=O)NCc1ccc(C(=O)O)s1. The number of hydrogen-bond acceptors (Lipinski definition) is 5. The van der Waals surface area contributed by atoms with Crippen molar-refractivity contribution < 1.29 is 23.1 Å². The van der Waals surface area contributed by atoms with E-state index >= 15 is 0 Å². The molecule has 1 amide bonds. The van der Waals surface area contributed by atoms with E-state index in [2.05, 4.69) is 5.32 Å². The van der Waals surface area contributed by atoms with Crippen molar-refractivity contribution in [1.82, 2.24) is 5.32 Å². The summed E-state index contributed by atoms with van der Waals surface area (Å²) in [6.07, 6.45) is 0.475. The summed E-state index contributed by atoms with van der Waals surface area (Å²) in [4.78, 5) is 22.9. The summed E-state index contributed by atoms with van der Waals surface area (Å²) < 4.78 is 22.8. The molecule has 1 rings (SSSR count). The van der Waals surface area contributed by atoms with Gasteiger partial charge < -0.3 is 10.4 Å². The molecule has 0 unspecified atom stereocenters. The summed E-state index contributed by atoms with van der Waals surface area (Å²) in [5.41, 5.74) is 0. The maximum atomic E-state index is 11.4. The molecule has 2 N–H and O–H groups in total. The fourth-order valence-corrected chi connectivity index (χ4v) is 3.46.